The number of benzene rings is 1. The van der Waals surface area contributed by atoms with Gasteiger partial charge in [0.2, 0.25) is 11.6 Å². The third-order valence-corrected chi connectivity index (χ3v) is 5.20. The van der Waals surface area contributed by atoms with Crippen molar-refractivity contribution >= 4 is 28.4 Å². The number of aryl methyl sites for hydroxylation is 1. The van der Waals surface area contributed by atoms with E-state index in [2.05, 4.69) is 15.5 Å². The van der Waals surface area contributed by atoms with Gasteiger partial charge in [0.05, 0.1) is 17.6 Å². The first-order valence-electron chi connectivity index (χ1n) is 10.1. The summed E-state index contributed by atoms with van der Waals surface area (Å²) in [6.45, 7) is 7.37. The van der Waals surface area contributed by atoms with Gasteiger partial charge in [0.25, 0.3) is 0 Å². The molecule has 162 valence electrons. The lowest BCUT2D eigenvalue weighted by atomic mass is 9.86. The number of primary amides is 1. The summed E-state index contributed by atoms with van der Waals surface area (Å²) in [4.78, 5) is 16.2. The number of carbonyl (C=O) groups is 1. The van der Waals surface area contributed by atoms with Crippen molar-refractivity contribution in [2.45, 2.75) is 40.0 Å². The summed E-state index contributed by atoms with van der Waals surface area (Å²) >= 11 is 0. The summed E-state index contributed by atoms with van der Waals surface area (Å²) in [6, 6.07) is 5.78. The van der Waals surface area contributed by atoms with Crippen LogP contribution in [0.15, 0.2) is 18.2 Å². The zero-order valence-electron chi connectivity index (χ0n) is 18.1. The molecule has 0 unspecified atom stereocenters. The Morgan fingerprint density at radius 1 is 1.23 bits per heavy atom. The highest BCUT2D eigenvalue weighted by Gasteiger charge is 2.23. The van der Waals surface area contributed by atoms with Crippen molar-refractivity contribution in [2.24, 2.45) is 11.1 Å². The van der Waals surface area contributed by atoms with Crippen LogP contribution in [0.5, 0.6) is 5.75 Å². The molecular formula is C21H30N6O3. The molecule has 2 heterocycles. The minimum atomic E-state index is -0.488. The van der Waals surface area contributed by atoms with Crippen LogP contribution in [0.2, 0.25) is 0 Å². The first kappa shape index (κ1) is 21.8. The summed E-state index contributed by atoms with van der Waals surface area (Å²) in [5, 5.41) is 11.9. The van der Waals surface area contributed by atoms with Crippen molar-refractivity contribution in [3.63, 3.8) is 0 Å². The monoisotopic (exact) mass is 414 g/mol. The van der Waals surface area contributed by atoms with Crippen LogP contribution in [0.3, 0.4) is 0 Å². The zero-order chi connectivity index (χ0) is 21.7. The molecule has 30 heavy (non-hydrogen) atoms. The summed E-state index contributed by atoms with van der Waals surface area (Å²) in [5.74, 6) is 1.93. The molecule has 1 aromatic carbocycles. The van der Waals surface area contributed by atoms with Gasteiger partial charge in [0, 0.05) is 25.1 Å². The Morgan fingerprint density at radius 3 is 2.77 bits per heavy atom. The standard InChI is InChI=1S/C21H30N6O3/c1-14-25-26-19-18(23-10-6-5-9-21(2,3)20(22)28)24-16-13-15(30-12-11-29-4)7-8-17(16)27(14)19/h7-8,13H,5-6,9-12H2,1-4H3,(H2,22,28)(H,23,24). The fraction of sp³-hybridized carbons (Fsp3) is 0.524. The highest BCUT2D eigenvalue weighted by molar-refractivity contribution is 5.84. The number of nitrogens with one attached hydrogen (secondary N) is 1. The molecular weight excluding hydrogens is 384 g/mol. The summed E-state index contributed by atoms with van der Waals surface area (Å²) in [5.41, 5.74) is 7.35. The maximum absolute atomic E-state index is 11.5. The van der Waals surface area contributed by atoms with Gasteiger partial charge < -0.3 is 20.5 Å². The molecule has 1 amide bonds. The van der Waals surface area contributed by atoms with E-state index < -0.39 is 5.41 Å². The second kappa shape index (κ2) is 9.25. The summed E-state index contributed by atoms with van der Waals surface area (Å²) in [7, 11) is 1.64. The fourth-order valence-electron chi connectivity index (χ4n) is 3.23. The maximum atomic E-state index is 11.5. The Bertz CT molecular complexity index is 1030. The van der Waals surface area contributed by atoms with Gasteiger partial charge in [-0.2, -0.15) is 0 Å². The molecule has 0 fully saturated rings. The number of hydrogen-bond donors (Lipinski definition) is 2. The molecule has 0 aliphatic rings. The molecule has 0 aliphatic heterocycles. The summed E-state index contributed by atoms with van der Waals surface area (Å²) < 4.78 is 12.7. The molecule has 3 aromatic rings. The highest BCUT2D eigenvalue weighted by Crippen LogP contribution is 2.26. The number of nitrogens with zero attached hydrogens (tertiary/aromatic N) is 4. The predicted molar refractivity (Wildman–Crippen MR) is 116 cm³/mol. The molecule has 0 radical (unpaired) electrons. The molecule has 9 nitrogen and oxygen atoms in total. The number of carbonyl (C=O) groups excluding carboxylic acids is 1. The van der Waals surface area contributed by atoms with Gasteiger partial charge >= 0.3 is 0 Å². The van der Waals surface area contributed by atoms with Crippen LogP contribution in [-0.4, -0.2) is 52.4 Å². The van der Waals surface area contributed by atoms with Gasteiger partial charge in [-0.25, -0.2) is 4.98 Å². The highest BCUT2D eigenvalue weighted by atomic mass is 16.5. The quantitative estimate of drug-likeness (QED) is 0.463. The first-order valence-corrected chi connectivity index (χ1v) is 10.1. The number of nitrogens with two attached hydrogens (primary N) is 1. The maximum Gasteiger partial charge on any atom is 0.223 e. The lowest BCUT2D eigenvalue weighted by Gasteiger charge is -2.19. The van der Waals surface area contributed by atoms with E-state index in [9.17, 15) is 4.79 Å². The number of amides is 1. The predicted octanol–water partition coefficient (Wildman–Crippen LogP) is 2.70. The van der Waals surface area contributed by atoms with Crippen LogP contribution in [0.4, 0.5) is 5.82 Å². The second-order valence-corrected chi connectivity index (χ2v) is 7.99. The van der Waals surface area contributed by atoms with E-state index in [4.69, 9.17) is 20.2 Å². The molecule has 2 aromatic heterocycles. The van der Waals surface area contributed by atoms with Gasteiger partial charge in [-0.15, -0.1) is 10.2 Å². The molecule has 0 saturated heterocycles. The van der Waals surface area contributed by atoms with Crippen LogP contribution >= 0.6 is 0 Å². The van der Waals surface area contributed by atoms with Crippen LogP contribution in [0.1, 0.15) is 38.9 Å². The summed E-state index contributed by atoms with van der Waals surface area (Å²) in [6.07, 6.45) is 2.52. The molecule has 3 rings (SSSR count). The Labute approximate surface area is 176 Å². The number of anilines is 1. The second-order valence-electron chi connectivity index (χ2n) is 7.99. The normalized spacial score (nSPS) is 11.9. The molecule has 0 aliphatic carbocycles. The third-order valence-electron chi connectivity index (χ3n) is 5.20. The number of aromatic nitrogens is 4. The van der Waals surface area contributed by atoms with Crippen LogP contribution < -0.4 is 15.8 Å². The molecule has 0 atom stereocenters. The molecule has 9 heteroatoms. The fourth-order valence-corrected chi connectivity index (χ4v) is 3.23. The first-order chi connectivity index (χ1) is 14.3. The number of unbranched alkanes of at least 4 members (excludes halogenated alkanes) is 1. The van der Waals surface area contributed by atoms with Gasteiger partial charge in [-0.1, -0.05) is 20.3 Å². The van der Waals surface area contributed by atoms with Crippen molar-refractivity contribution in [3.8, 4) is 5.75 Å². The SMILES string of the molecule is COCCOc1ccc2c(c1)nc(NCCCCC(C)(C)C(N)=O)c1nnc(C)n12. The lowest BCUT2D eigenvalue weighted by Crippen LogP contribution is -2.31. The third kappa shape index (κ3) is 4.79. The smallest absolute Gasteiger partial charge is 0.223 e. The average Bonchev–Trinajstić information content (AvgIpc) is 3.09. The van der Waals surface area contributed by atoms with Crippen molar-refractivity contribution in [1.29, 1.82) is 0 Å². The van der Waals surface area contributed by atoms with E-state index in [1.807, 2.05) is 43.4 Å². The lowest BCUT2D eigenvalue weighted by molar-refractivity contribution is -0.126. The van der Waals surface area contributed by atoms with Crippen molar-refractivity contribution in [2.75, 3.05) is 32.2 Å². The van der Waals surface area contributed by atoms with Gasteiger partial charge in [0.15, 0.2) is 5.82 Å². The number of methoxy groups -OCH3 is 1. The van der Waals surface area contributed by atoms with E-state index in [1.54, 1.807) is 7.11 Å². The van der Waals surface area contributed by atoms with Crippen molar-refractivity contribution in [3.05, 3.63) is 24.0 Å². The topological polar surface area (TPSA) is 117 Å². The van der Waals surface area contributed by atoms with E-state index >= 15 is 0 Å². The molecule has 3 N–H and O–H groups in total. The Morgan fingerprint density at radius 2 is 2.03 bits per heavy atom. The minimum Gasteiger partial charge on any atom is -0.491 e. The van der Waals surface area contributed by atoms with E-state index in [-0.39, 0.29) is 5.91 Å². The van der Waals surface area contributed by atoms with Crippen molar-refractivity contribution < 1.29 is 14.3 Å². The average molecular weight is 415 g/mol. The van der Waals surface area contributed by atoms with Crippen LogP contribution in [-0.2, 0) is 9.53 Å². The van der Waals surface area contributed by atoms with Gasteiger partial charge in [0.1, 0.15) is 18.2 Å². The zero-order valence-corrected chi connectivity index (χ0v) is 18.1. The minimum absolute atomic E-state index is 0.268. The van der Waals surface area contributed by atoms with Crippen LogP contribution in [0.25, 0.3) is 16.7 Å². The molecule has 0 bridgehead atoms. The Hall–Kier alpha value is -2.94. The molecule has 0 saturated carbocycles. The van der Waals surface area contributed by atoms with Crippen molar-refractivity contribution in [1.82, 2.24) is 19.6 Å². The Balaban J connectivity index is 1.76. The Kier molecular flexibility index (Phi) is 6.71. The largest absolute Gasteiger partial charge is 0.491 e. The van der Waals surface area contributed by atoms with E-state index in [0.29, 0.717) is 31.2 Å². The molecule has 0 spiro atoms. The van der Waals surface area contributed by atoms with Crippen LogP contribution in [0, 0.1) is 12.3 Å². The number of fused-ring (bicyclic) bond motifs is 3. The number of rotatable bonds is 11. The number of hydrogen-bond acceptors (Lipinski definition) is 7. The number of ether oxygens (including phenoxy) is 2. The van der Waals surface area contributed by atoms with Gasteiger partial charge in [-0.3, -0.25) is 9.20 Å². The van der Waals surface area contributed by atoms with Gasteiger partial charge in [-0.05, 0) is 31.9 Å². The van der Waals surface area contributed by atoms with E-state index in [0.717, 1.165) is 41.9 Å². The van der Waals surface area contributed by atoms with E-state index in [1.165, 1.54) is 0 Å².